The molecule has 0 radical (unpaired) electrons. The number of ether oxygens (including phenoxy) is 1. The molecule has 6 nitrogen and oxygen atoms in total. The molecule has 0 aliphatic carbocycles. The van der Waals surface area contributed by atoms with Crippen LogP contribution in [0.1, 0.15) is 12.5 Å². The maximum atomic E-state index is 12.3. The quantitative estimate of drug-likeness (QED) is 0.538. The van der Waals surface area contributed by atoms with E-state index in [1.54, 1.807) is 7.11 Å². The maximum absolute atomic E-state index is 12.3. The second-order valence-electron chi connectivity index (χ2n) is 5.58. The van der Waals surface area contributed by atoms with E-state index in [-0.39, 0.29) is 6.54 Å². The molecule has 1 aromatic carbocycles. The predicted octanol–water partition coefficient (Wildman–Crippen LogP) is 1.81. The van der Waals surface area contributed by atoms with Crippen LogP contribution in [0.5, 0.6) is 5.75 Å². The summed E-state index contributed by atoms with van der Waals surface area (Å²) < 4.78 is 42.0. The Morgan fingerprint density at radius 2 is 1.88 bits per heavy atom. The average molecular weight is 374 g/mol. The lowest BCUT2D eigenvalue weighted by Crippen LogP contribution is -2.40. The number of guanidine groups is 1. The molecule has 26 heavy (non-hydrogen) atoms. The van der Waals surface area contributed by atoms with E-state index in [0.29, 0.717) is 23.9 Å². The number of amides is 1. The van der Waals surface area contributed by atoms with Crippen molar-refractivity contribution in [2.45, 2.75) is 19.5 Å². The molecule has 0 atom stereocenters. The van der Waals surface area contributed by atoms with Crippen molar-refractivity contribution in [3.8, 4) is 5.75 Å². The number of hydrogen-bond acceptors (Lipinski definition) is 3. The lowest BCUT2D eigenvalue weighted by atomic mass is 10.1. The van der Waals surface area contributed by atoms with Crippen LogP contribution in [0.2, 0.25) is 0 Å². The van der Waals surface area contributed by atoms with Crippen molar-refractivity contribution in [1.82, 2.24) is 15.5 Å². The topological polar surface area (TPSA) is 66.0 Å². The van der Waals surface area contributed by atoms with E-state index in [2.05, 4.69) is 15.6 Å². The number of hydrogen-bond donors (Lipinski definition) is 2. The Hall–Kier alpha value is -2.45. The number of rotatable bonds is 8. The predicted molar refractivity (Wildman–Crippen MR) is 94.4 cm³/mol. The van der Waals surface area contributed by atoms with Crippen LogP contribution in [0.3, 0.4) is 0 Å². The van der Waals surface area contributed by atoms with Crippen LogP contribution in [0.4, 0.5) is 13.2 Å². The molecule has 0 bridgehead atoms. The summed E-state index contributed by atoms with van der Waals surface area (Å²) in [6, 6.07) is 7.62. The number of halogens is 3. The molecule has 0 aliphatic heterocycles. The molecular formula is C17H25F3N4O2. The zero-order valence-corrected chi connectivity index (χ0v) is 15.2. The van der Waals surface area contributed by atoms with Gasteiger partial charge >= 0.3 is 6.18 Å². The van der Waals surface area contributed by atoms with Gasteiger partial charge in [0.15, 0.2) is 5.96 Å². The standard InChI is InChI=1S/C17H25F3N4O2/c1-4-21-16(23-11-15(25)24(2)12-17(18,19)20)22-10-9-13-5-7-14(26-3)8-6-13/h5-8H,4,9-12H2,1-3H3,(H2,21,22,23). The number of carbonyl (C=O) groups is 1. The molecule has 0 spiro atoms. The summed E-state index contributed by atoms with van der Waals surface area (Å²) in [5.41, 5.74) is 1.09. The highest BCUT2D eigenvalue weighted by Crippen LogP contribution is 2.15. The molecule has 1 rings (SSSR count). The Bertz CT molecular complexity index is 589. The fourth-order valence-corrected chi connectivity index (χ4v) is 2.08. The first kappa shape index (κ1) is 21.6. The highest BCUT2D eigenvalue weighted by atomic mass is 19.4. The third kappa shape index (κ3) is 8.59. The van der Waals surface area contributed by atoms with Crippen molar-refractivity contribution >= 4 is 11.9 Å². The highest BCUT2D eigenvalue weighted by molar-refractivity contribution is 5.84. The number of carbonyl (C=O) groups excluding carboxylic acids is 1. The van der Waals surface area contributed by atoms with E-state index in [1.165, 1.54) is 0 Å². The molecule has 0 heterocycles. The summed E-state index contributed by atoms with van der Waals surface area (Å²) in [5, 5.41) is 6.01. The van der Waals surface area contributed by atoms with Crippen LogP contribution >= 0.6 is 0 Å². The second kappa shape index (κ2) is 10.5. The number of aliphatic imine (C=N–C) groups is 1. The lowest BCUT2D eigenvalue weighted by Gasteiger charge is -2.18. The van der Waals surface area contributed by atoms with E-state index in [0.717, 1.165) is 24.8 Å². The third-order valence-corrected chi connectivity index (χ3v) is 3.42. The zero-order chi connectivity index (χ0) is 19.6. The zero-order valence-electron chi connectivity index (χ0n) is 15.2. The van der Waals surface area contributed by atoms with Crippen molar-refractivity contribution in [2.75, 3.05) is 40.3 Å². The Balaban J connectivity index is 2.50. The second-order valence-corrected chi connectivity index (χ2v) is 5.58. The Kier molecular flexibility index (Phi) is 8.74. The fourth-order valence-electron chi connectivity index (χ4n) is 2.08. The molecule has 9 heteroatoms. The molecular weight excluding hydrogens is 349 g/mol. The van der Waals surface area contributed by atoms with Crippen molar-refractivity contribution in [1.29, 1.82) is 0 Å². The SMILES string of the molecule is CCNC(=NCC(=O)N(C)CC(F)(F)F)NCCc1ccc(OC)cc1. The van der Waals surface area contributed by atoms with Gasteiger partial charge in [0.05, 0.1) is 7.11 Å². The molecule has 0 unspecified atom stereocenters. The normalized spacial score (nSPS) is 11.8. The molecule has 0 aromatic heterocycles. The van der Waals surface area contributed by atoms with Gasteiger partial charge in [0.1, 0.15) is 18.8 Å². The Labute approximate surface area is 151 Å². The lowest BCUT2D eigenvalue weighted by molar-refractivity contribution is -0.157. The van der Waals surface area contributed by atoms with Gasteiger partial charge in [-0.25, -0.2) is 4.99 Å². The number of nitrogens with zero attached hydrogens (tertiary/aromatic N) is 2. The van der Waals surface area contributed by atoms with Gasteiger partial charge in [0, 0.05) is 20.1 Å². The maximum Gasteiger partial charge on any atom is 0.406 e. The Morgan fingerprint density at radius 3 is 2.42 bits per heavy atom. The molecule has 146 valence electrons. The van der Waals surface area contributed by atoms with Crippen molar-refractivity contribution in [3.05, 3.63) is 29.8 Å². The smallest absolute Gasteiger partial charge is 0.406 e. The molecule has 0 fully saturated rings. The van der Waals surface area contributed by atoms with Crippen LogP contribution in [-0.4, -0.2) is 63.3 Å². The monoisotopic (exact) mass is 374 g/mol. The van der Waals surface area contributed by atoms with Gasteiger partial charge in [-0.2, -0.15) is 13.2 Å². The minimum absolute atomic E-state index is 0.357. The van der Waals surface area contributed by atoms with Crippen LogP contribution in [0, 0.1) is 0 Å². The van der Waals surface area contributed by atoms with E-state index in [1.807, 2.05) is 31.2 Å². The molecule has 0 saturated heterocycles. The van der Waals surface area contributed by atoms with E-state index < -0.39 is 18.6 Å². The average Bonchev–Trinajstić information content (AvgIpc) is 2.58. The van der Waals surface area contributed by atoms with Gasteiger partial charge in [-0.15, -0.1) is 0 Å². The summed E-state index contributed by atoms with van der Waals surface area (Å²) >= 11 is 0. The van der Waals surface area contributed by atoms with Crippen LogP contribution in [0.15, 0.2) is 29.3 Å². The van der Waals surface area contributed by atoms with Gasteiger partial charge in [0.2, 0.25) is 5.91 Å². The Morgan fingerprint density at radius 1 is 1.23 bits per heavy atom. The van der Waals surface area contributed by atoms with Crippen molar-refractivity contribution in [2.24, 2.45) is 4.99 Å². The summed E-state index contributed by atoms with van der Waals surface area (Å²) in [4.78, 5) is 16.4. The number of benzene rings is 1. The molecule has 0 saturated carbocycles. The summed E-state index contributed by atoms with van der Waals surface area (Å²) in [6.07, 6.45) is -3.70. The van der Waals surface area contributed by atoms with Gasteiger partial charge < -0.3 is 20.3 Å². The van der Waals surface area contributed by atoms with Crippen molar-refractivity contribution < 1.29 is 22.7 Å². The van der Waals surface area contributed by atoms with Gasteiger partial charge in [-0.1, -0.05) is 12.1 Å². The van der Waals surface area contributed by atoms with E-state index >= 15 is 0 Å². The van der Waals surface area contributed by atoms with Crippen LogP contribution in [-0.2, 0) is 11.2 Å². The largest absolute Gasteiger partial charge is 0.497 e. The summed E-state index contributed by atoms with van der Waals surface area (Å²) in [5.74, 6) is 0.461. The molecule has 1 amide bonds. The fraction of sp³-hybridized carbons (Fsp3) is 0.529. The first-order chi connectivity index (χ1) is 12.2. The minimum Gasteiger partial charge on any atom is -0.497 e. The van der Waals surface area contributed by atoms with Crippen LogP contribution < -0.4 is 15.4 Å². The minimum atomic E-state index is -4.42. The number of alkyl halides is 3. The first-order valence-electron chi connectivity index (χ1n) is 8.21. The first-order valence-corrected chi connectivity index (χ1v) is 8.21. The van der Waals surface area contributed by atoms with E-state index in [4.69, 9.17) is 4.74 Å². The van der Waals surface area contributed by atoms with Gasteiger partial charge in [-0.05, 0) is 31.0 Å². The van der Waals surface area contributed by atoms with E-state index in [9.17, 15) is 18.0 Å². The van der Waals surface area contributed by atoms with Crippen LogP contribution in [0.25, 0.3) is 0 Å². The van der Waals surface area contributed by atoms with Gasteiger partial charge in [0.25, 0.3) is 0 Å². The number of likely N-dealkylation sites (N-methyl/N-ethyl adjacent to an activating group) is 1. The summed E-state index contributed by atoms with van der Waals surface area (Å²) in [6.45, 7) is 1.34. The number of nitrogens with one attached hydrogen (secondary N) is 2. The number of methoxy groups -OCH3 is 1. The third-order valence-electron chi connectivity index (χ3n) is 3.42. The van der Waals surface area contributed by atoms with Crippen molar-refractivity contribution in [3.63, 3.8) is 0 Å². The van der Waals surface area contributed by atoms with Gasteiger partial charge in [-0.3, -0.25) is 4.79 Å². The molecule has 0 aliphatic rings. The summed E-state index contributed by atoms with van der Waals surface area (Å²) in [7, 11) is 2.71. The molecule has 2 N–H and O–H groups in total. The molecule has 1 aromatic rings. The highest BCUT2D eigenvalue weighted by Gasteiger charge is 2.30.